The number of amides is 1. The molecule has 0 bridgehead atoms. The van der Waals surface area contributed by atoms with Crippen LogP contribution >= 0.6 is 0 Å². The van der Waals surface area contributed by atoms with Gasteiger partial charge in [0.15, 0.2) is 0 Å². The molecule has 5 heteroatoms. The van der Waals surface area contributed by atoms with E-state index in [0.717, 1.165) is 18.6 Å². The van der Waals surface area contributed by atoms with Gasteiger partial charge in [0.05, 0.1) is 5.56 Å². The second kappa shape index (κ2) is 8.09. The highest BCUT2D eigenvalue weighted by Crippen LogP contribution is 2.35. The number of fused-ring (bicyclic) bond motifs is 1. The van der Waals surface area contributed by atoms with Crippen LogP contribution in [0.15, 0.2) is 36.5 Å². The quantitative estimate of drug-likeness (QED) is 0.768. The molecule has 1 atom stereocenters. The predicted octanol–water partition coefficient (Wildman–Crippen LogP) is 4.23. The van der Waals surface area contributed by atoms with Crippen LogP contribution in [0.4, 0.5) is 0 Å². The number of benzene rings is 1. The molecule has 27 heavy (non-hydrogen) atoms. The highest BCUT2D eigenvalue weighted by atomic mass is 16.5. The monoisotopic (exact) mass is 367 g/mol. The second-order valence-corrected chi connectivity index (χ2v) is 7.98. The van der Waals surface area contributed by atoms with E-state index in [1.165, 1.54) is 17.3 Å². The predicted molar refractivity (Wildman–Crippen MR) is 107 cm³/mol. The van der Waals surface area contributed by atoms with Gasteiger partial charge in [-0.05, 0) is 54.0 Å². The van der Waals surface area contributed by atoms with Crippen LogP contribution in [0.5, 0.6) is 11.6 Å². The van der Waals surface area contributed by atoms with Crippen molar-refractivity contribution in [3.05, 3.63) is 53.2 Å². The summed E-state index contributed by atoms with van der Waals surface area (Å²) in [5.74, 6) is 1.92. The minimum absolute atomic E-state index is 0.370. The lowest BCUT2D eigenvalue weighted by Gasteiger charge is -2.30. The number of carbonyl (C=O) groups excluding carboxylic acids is 1. The number of hydrogen-bond donors (Lipinski definition) is 2. The molecule has 1 aromatic heterocycles. The van der Waals surface area contributed by atoms with Gasteiger partial charge in [-0.25, -0.2) is 4.98 Å². The molecule has 1 amide bonds. The van der Waals surface area contributed by atoms with E-state index < -0.39 is 5.91 Å². The Morgan fingerprint density at radius 2 is 1.93 bits per heavy atom. The van der Waals surface area contributed by atoms with Gasteiger partial charge in [0.2, 0.25) is 11.8 Å². The van der Waals surface area contributed by atoms with E-state index in [-0.39, 0.29) is 0 Å². The molecule has 2 aromatic rings. The molecule has 3 N–H and O–H groups in total. The average Bonchev–Trinajstić information content (AvgIpc) is 3.01. The van der Waals surface area contributed by atoms with E-state index in [4.69, 9.17) is 10.5 Å². The number of aryl methyl sites for hydroxylation is 1. The number of ether oxygens (including phenoxy) is 1. The van der Waals surface area contributed by atoms with Gasteiger partial charge < -0.3 is 15.8 Å². The Labute approximate surface area is 161 Å². The van der Waals surface area contributed by atoms with Gasteiger partial charge in [0, 0.05) is 24.3 Å². The Bertz CT molecular complexity index is 792. The van der Waals surface area contributed by atoms with Gasteiger partial charge >= 0.3 is 0 Å². The van der Waals surface area contributed by atoms with Gasteiger partial charge in [-0.1, -0.05) is 33.8 Å². The average molecular weight is 367 g/mol. The van der Waals surface area contributed by atoms with Gasteiger partial charge in [0.1, 0.15) is 5.75 Å². The standard InChI is InChI=1S/C22H29N3O2/c1-13(2)21(14(3)4)25-19-9-5-15-11-17(7-8-18(15)19)27-20-10-6-16(12-24-20)22(23)26/h6-8,10-14,19,21,25H,5,9H2,1-4H3,(H2,23,26). The van der Waals surface area contributed by atoms with Crippen LogP contribution in [0.1, 0.15) is 61.6 Å². The summed E-state index contributed by atoms with van der Waals surface area (Å²) in [6.07, 6.45) is 3.59. The molecule has 1 unspecified atom stereocenters. The minimum Gasteiger partial charge on any atom is -0.439 e. The van der Waals surface area contributed by atoms with E-state index in [2.05, 4.69) is 50.1 Å². The van der Waals surface area contributed by atoms with Crippen molar-refractivity contribution >= 4 is 5.91 Å². The molecule has 1 heterocycles. The Balaban J connectivity index is 1.71. The maximum absolute atomic E-state index is 11.1. The van der Waals surface area contributed by atoms with E-state index in [1.54, 1.807) is 12.1 Å². The molecule has 1 aromatic carbocycles. The number of aromatic nitrogens is 1. The van der Waals surface area contributed by atoms with Crippen molar-refractivity contribution < 1.29 is 9.53 Å². The van der Waals surface area contributed by atoms with Crippen LogP contribution < -0.4 is 15.8 Å². The summed E-state index contributed by atoms with van der Waals surface area (Å²) in [7, 11) is 0. The first-order valence-electron chi connectivity index (χ1n) is 9.67. The zero-order valence-electron chi connectivity index (χ0n) is 16.5. The Hall–Kier alpha value is -2.40. The lowest BCUT2D eigenvalue weighted by molar-refractivity contribution is 0.1000. The van der Waals surface area contributed by atoms with Crippen LogP contribution in [0.25, 0.3) is 0 Å². The highest BCUT2D eigenvalue weighted by molar-refractivity contribution is 5.92. The summed E-state index contributed by atoms with van der Waals surface area (Å²) in [5, 5.41) is 3.86. The molecule has 0 spiro atoms. The Kier molecular flexibility index (Phi) is 5.80. The fourth-order valence-corrected chi connectivity index (χ4v) is 3.92. The SMILES string of the molecule is CC(C)C(NC1CCc2cc(Oc3ccc(C(N)=O)cn3)ccc21)C(C)C. The number of nitrogens with zero attached hydrogens (tertiary/aromatic N) is 1. The number of nitrogens with one attached hydrogen (secondary N) is 1. The van der Waals surface area contributed by atoms with E-state index in [1.807, 2.05) is 6.07 Å². The number of nitrogens with two attached hydrogens (primary N) is 1. The zero-order chi connectivity index (χ0) is 19.6. The van der Waals surface area contributed by atoms with E-state index in [9.17, 15) is 4.79 Å². The summed E-state index contributed by atoms with van der Waals surface area (Å²) in [4.78, 5) is 15.3. The molecule has 0 aliphatic heterocycles. The van der Waals surface area contributed by atoms with Crippen LogP contribution in [0.2, 0.25) is 0 Å². The van der Waals surface area contributed by atoms with Crippen LogP contribution in [-0.2, 0) is 6.42 Å². The number of hydrogen-bond acceptors (Lipinski definition) is 4. The second-order valence-electron chi connectivity index (χ2n) is 7.98. The molecule has 0 saturated carbocycles. The number of rotatable bonds is 7. The molecular formula is C22H29N3O2. The number of pyridine rings is 1. The lowest BCUT2D eigenvalue weighted by atomic mass is 9.92. The minimum atomic E-state index is -0.494. The third-order valence-corrected chi connectivity index (χ3v) is 5.27. The first-order chi connectivity index (χ1) is 12.8. The van der Waals surface area contributed by atoms with Crippen molar-refractivity contribution in [3.8, 4) is 11.6 Å². The van der Waals surface area contributed by atoms with Crippen LogP contribution in [0.3, 0.4) is 0 Å². The molecule has 0 fully saturated rings. The van der Waals surface area contributed by atoms with Crippen molar-refractivity contribution in [1.29, 1.82) is 0 Å². The lowest BCUT2D eigenvalue weighted by Crippen LogP contribution is -2.40. The molecule has 144 valence electrons. The number of primary amides is 1. The van der Waals surface area contributed by atoms with Gasteiger partial charge in [-0.15, -0.1) is 0 Å². The fraction of sp³-hybridized carbons (Fsp3) is 0.455. The van der Waals surface area contributed by atoms with Gasteiger partial charge in [-0.3, -0.25) is 4.79 Å². The first-order valence-corrected chi connectivity index (χ1v) is 9.67. The molecule has 1 aliphatic carbocycles. The largest absolute Gasteiger partial charge is 0.439 e. The smallest absolute Gasteiger partial charge is 0.250 e. The highest BCUT2D eigenvalue weighted by Gasteiger charge is 2.27. The number of carbonyl (C=O) groups is 1. The molecule has 0 radical (unpaired) electrons. The topological polar surface area (TPSA) is 77.2 Å². The van der Waals surface area contributed by atoms with Gasteiger partial charge in [0.25, 0.3) is 0 Å². The van der Waals surface area contributed by atoms with E-state index in [0.29, 0.717) is 35.4 Å². The van der Waals surface area contributed by atoms with Crippen molar-refractivity contribution in [1.82, 2.24) is 10.3 Å². The summed E-state index contributed by atoms with van der Waals surface area (Å²) >= 11 is 0. The van der Waals surface area contributed by atoms with Crippen LogP contribution in [0, 0.1) is 11.8 Å². The first kappa shape index (κ1) is 19.4. The third kappa shape index (κ3) is 4.48. The van der Waals surface area contributed by atoms with Crippen molar-refractivity contribution in [2.24, 2.45) is 17.6 Å². The Morgan fingerprint density at radius 3 is 2.52 bits per heavy atom. The molecule has 1 aliphatic rings. The van der Waals surface area contributed by atoms with Crippen molar-refractivity contribution in [2.75, 3.05) is 0 Å². The van der Waals surface area contributed by atoms with E-state index >= 15 is 0 Å². The van der Waals surface area contributed by atoms with Crippen LogP contribution in [-0.4, -0.2) is 16.9 Å². The molecule has 5 nitrogen and oxygen atoms in total. The molecule has 3 rings (SSSR count). The molecular weight excluding hydrogens is 338 g/mol. The summed E-state index contributed by atoms with van der Waals surface area (Å²) < 4.78 is 5.85. The summed E-state index contributed by atoms with van der Waals surface area (Å²) in [6, 6.07) is 10.4. The van der Waals surface area contributed by atoms with Crippen molar-refractivity contribution in [2.45, 2.75) is 52.6 Å². The van der Waals surface area contributed by atoms with Gasteiger partial charge in [-0.2, -0.15) is 0 Å². The van der Waals surface area contributed by atoms with Crippen molar-refractivity contribution in [3.63, 3.8) is 0 Å². The Morgan fingerprint density at radius 1 is 1.19 bits per heavy atom. The zero-order valence-corrected chi connectivity index (χ0v) is 16.5. The normalized spacial score (nSPS) is 16.2. The summed E-state index contributed by atoms with van der Waals surface area (Å²) in [6.45, 7) is 9.11. The maximum atomic E-state index is 11.1. The molecule has 0 saturated heterocycles. The third-order valence-electron chi connectivity index (χ3n) is 5.27. The summed E-state index contributed by atoms with van der Waals surface area (Å²) in [5.41, 5.74) is 8.30. The fourth-order valence-electron chi connectivity index (χ4n) is 3.92. The maximum Gasteiger partial charge on any atom is 0.250 e.